The molecule has 0 atom stereocenters. The fraction of sp³-hybridized carbons (Fsp3) is 0. The van der Waals surface area contributed by atoms with Crippen molar-refractivity contribution in [3.05, 3.63) is 174 Å². The standard InChI is InChI=1S/C49H25N3/c1-52-36-19-16-31(17-20-36)35-18-21-37-42(22-35)40(32-12-8-29(27-50)9-13-32)24-47-43(37)23-41(33-14-10-30(28-51)11-15-33)46-25-44-38-6-2-4-34-5-3-7-39(49(34)38)45(44)26-48(46)47/h2-26H. The Hall–Kier alpha value is -7.51. The number of nitriles is 2. The van der Waals surface area contributed by atoms with Crippen LogP contribution in [0.15, 0.2) is 152 Å². The summed E-state index contributed by atoms with van der Waals surface area (Å²) < 4.78 is 0. The summed E-state index contributed by atoms with van der Waals surface area (Å²) in [7, 11) is 0. The Labute approximate surface area is 300 Å². The van der Waals surface area contributed by atoms with Gasteiger partial charge < -0.3 is 0 Å². The summed E-state index contributed by atoms with van der Waals surface area (Å²) in [4.78, 5) is 3.58. The van der Waals surface area contributed by atoms with Gasteiger partial charge in [0, 0.05) is 0 Å². The highest BCUT2D eigenvalue weighted by molar-refractivity contribution is 6.27. The first-order chi connectivity index (χ1) is 25.6. The van der Waals surface area contributed by atoms with Crippen LogP contribution in [0.25, 0.3) is 104 Å². The van der Waals surface area contributed by atoms with Crippen molar-refractivity contribution in [1.29, 1.82) is 10.5 Å². The molecule has 0 radical (unpaired) electrons. The minimum absolute atomic E-state index is 0.613. The van der Waals surface area contributed by atoms with Crippen LogP contribution in [0.3, 0.4) is 0 Å². The van der Waals surface area contributed by atoms with Crippen molar-refractivity contribution in [1.82, 2.24) is 0 Å². The zero-order valence-electron chi connectivity index (χ0n) is 27.8. The molecule has 1 aliphatic rings. The van der Waals surface area contributed by atoms with Crippen LogP contribution in [0, 0.1) is 29.2 Å². The van der Waals surface area contributed by atoms with Gasteiger partial charge in [0.1, 0.15) is 0 Å². The second kappa shape index (κ2) is 11.3. The molecule has 3 nitrogen and oxygen atoms in total. The second-order valence-electron chi connectivity index (χ2n) is 13.4. The molecule has 0 N–H and O–H groups in total. The Bertz CT molecular complexity index is 3110. The highest BCUT2D eigenvalue weighted by Crippen LogP contribution is 2.51. The third-order valence-corrected chi connectivity index (χ3v) is 10.7. The molecule has 9 aromatic carbocycles. The summed E-state index contributed by atoms with van der Waals surface area (Å²) in [6, 6.07) is 57.2. The molecule has 0 saturated heterocycles. The Morgan fingerprint density at radius 2 is 0.846 bits per heavy atom. The number of rotatable bonds is 3. The number of hydrogen-bond donors (Lipinski definition) is 0. The fourth-order valence-corrected chi connectivity index (χ4v) is 8.16. The molecule has 0 bridgehead atoms. The minimum Gasteiger partial charge on any atom is -0.238 e. The molecule has 0 fully saturated rings. The first kappa shape index (κ1) is 29.4. The van der Waals surface area contributed by atoms with Gasteiger partial charge in [0.05, 0.1) is 29.8 Å². The van der Waals surface area contributed by atoms with Crippen molar-refractivity contribution in [2.24, 2.45) is 0 Å². The van der Waals surface area contributed by atoms with Gasteiger partial charge in [-0.25, -0.2) is 4.85 Å². The van der Waals surface area contributed by atoms with Gasteiger partial charge in [-0.2, -0.15) is 10.5 Å². The number of fused-ring (bicyclic) bond motifs is 8. The van der Waals surface area contributed by atoms with E-state index in [0.717, 1.165) is 65.7 Å². The van der Waals surface area contributed by atoms with Crippen LogP contribution < -0.4 is 0 Å². The number of hydrogen-bond acceptors (Lipinski definition) is 2. The quantitative estimate of drug-likeness (QED) is 0.140. The maximum Gasteiger partial charge on any atom is 0.187 e. The van der Waals surface area contributed by atoms with Crippen LogP contribution in [0.2, 0.25) is 0 Å². The topological polar surface area (TPSA) is 51.9 Å². The molecule has 0 heterocycles. The van der Waals surface area contributed by atoms with E-state index in [-0.39, 0.29) is 0 Å². The molecule has 0 aromatic heterocycles. The molecular weight excluding hydrogens is 631 g/mol. The maximum absolute atomic E-state index is 9.60. The SMILES string of the molecule is [C-]#[N+]c1ccc(-c2ccc3c(c2)c(-c2ccc(C#N)cc2)cc2c4cc5c(cc4c(-c4ccc(C#N)cc4)cc32)-c2cccc3cccc-5c23)cc1. The van der Waals surface area contributed by atoms with E-state index in [4.69, 9.17) is 6.57 Å². The molecule has 0 saturated carbocycles. The molecule has 0 amide bonds. The lowest BCUT2D eigenvalue weighted by atomic mass is 9.85. The minimum atomic E-state index is 0.613. The lowest BCUT2D eigenvalue weighted by Crippen LogP contribution is -1.91. The van der Waals surface area contributed by atoms with Crippen LogP contribution in [-0.2, 0) is 0 Å². The molecule has 236 valence electrons. The summed E-state index contributed by atoms with van der Waals surface area (Å²) in [6.45, 7) is 7.41. The smallest absolute Gasteiger partial charge is 0.187 e. The predicted molar refractivity (Wildman–Crippen MR) is 213 cm³/mol. The van der Waals surface area contributed by atoms with Crippen molar-refractivity contribution in [3.8, 4) is 67.8 Å². The molecule has 1 aliphatic carbocycles. The lowest BCUT2D eigenvalue weighted by molar-refractivity contribution is 1.48. The maximum atomic E-state index is 9.60. The van der Waals surface area contributed by atoms with Crippen LogP contribution in [0.5, 0.6) is 0 Å². The zero-order chi connectivity index (χ0) is 34.9. The van der Waals surface area contributed by atoms with Gasteiger partial charge >= 0.3 is 0 Å². The normalized spacial score (nSPS) is 11.4. The molecule has 0 spiro atoms. The van der Waals surface area contributed by atoms with Gasteiger partial charge in [-0.1, -0.05) is 97.1 Å². The monoisotopic (exact) mass is 655 g/mol. The Morgan fingerprint density at radius 1 is 0.385 bits per heavy atom. The van der Waals surface area contributed by atoms with E-state index in [1.165, 1.54) is 33.0 Å². The van der Waals surface area contributed by atoms with Crippen LogP contribution in [0.1, 0.15) is 11.1 Å². The van der Waals surface area contributed by atoms with Crippen molar-refractivity contribution in [3.63, 3.8) is 0 Å². The third-order valence-electron chi connectivity index (χ3n) is 10.7. The molecule has 52 heavy (non-hydrogen) atoms. The Balaban J connectivity index is 1.34. The second-order valence-corrected chi connectivity index (χ2v) is 13.4. The first-order valence-electron chi connectivity index (χ1n) is 17.1. The van der Waals surface area contributed by atoms with Gasteiger partial charge in [0.15, 0.2) is 5.69 Å². The van der Waals surface area contributed by atoms with Crippen molar-refractivity contribution >= 4 is 48.8 Å². The van der Waals surface area contributed by atoms with E-state index < -0.39 is 0 Å². The molecule has 3 heteroatoms. The Morgan fingerprint density at radius 3 is 1.40 bits per heavy atom. The molecule has 0 unspecified atom stereocenters. The lowest BCUT2D eigenvalue weighted by Gasteiger charge is -2.18. The Kier molecular flexibility index (Phi) is 6.37. The summed E-state index contributed by atoms with van der Waals surface area (Å²) in [5.74, 6) is 0. The van der Waals surface area contributed by atoms with Crippen LogP contribution in [0.4, 0.5) is 5.69 Å². The summed E-state index contributed by atoms with van der Waals surface area (Å²) in [6.07, 6.45) is 0. The largest absolute Gasteiger partial charge is 0.238 e. The van der Waals surface area contributed by atoms with E-state index in [9.17, 15) is 10.5 Å². The van der Waals surface area contributed by atoms with Gasteiger partial charge in [0.2, 0.25) is 0 Å². The average molecular weight is 656 g/mol. The summed E-state index contributed by atoms with van der Waals surface area (Å²) in [5, 5.41) is 28.6. The van der Waals surface area contributed by atoms with Gasteiger partial charge in [-0.05, 0) is 153 Å². The average Bonchev–Trinajstić information content (AvgIpc) is 3.53. The molecule has 0 aliphatic heterocycles. The van der Waals surface area contributed by atoms with Crippen LogP contribution in [-0.4, -0.2) is 0 Å². The first-order valence-corrected chi connectivity index (χ1v) is 17.1. The fourth-order valence-electron chi connectivity index (χ4n) is 8.16. The van der Waals surface area contributed by atoms with E-state index in [1.54, 1.807) is 0 Å². The van der Waals surface area contributed by atoms with Gasteiger partial charge in [0.25, 0.3) is 0 Å². The highest BCUT2D eigenvalue weighted by atomic mass is 14.6. The molecular formula is C49H25N3. The van der Waals surface area contributed by atoms with Crippen LogP contribution >= 0.6 is 0 Å². The van der Waals surface area contributed by atoms with Crippen molar-refractivity contribution in [2.75, 3.05) is 0 Å². The zero-order valence-corrected chi connectivity index (χ0v) is 27.8. The van der Waals surface area contributed by atoms with Crippen molar-refractivity contribution < 1.29 is 0 Å². The number of benzene rings is 9. The van der Waals surface area contributed by atoms with Gasteiger partial charge in [-0.3, -0.25) is 0 Å². The third kappa shape index (κ3) is 4.36. The highest BCUT2D eigenvalue weighted by Gasteiger charge is 2.24. The molecule has 9 aromatic rings. The van der Waals surface area contributed by atoms with E-state index in [0.29, 0.717) is 16.8 Å². The van der Waals surface area contributed by atoms with E-state index in [2.05, 4.69) is 108 Å². The summed E-state index contributed by atoms with van der Waals surface area (Å²) >= 11 is 0. The van der Waals surface area contributed by atoms with E-state index in [1.807, 2.05) is 60.7 Å². The molecule has 10 rings (SSSR count). The number of nitrogens with zero attached hydrogens (tertiary/aromatic N) is 3. The predicted octanol–water partition coefficient (Wildman–Crippen LogP) is 13.2. The van der Waals surface area contributed by atoms with E-state index >= 15 is 0 Å². The summed E-state index contributed by atoms with van der Waals surface area (Å²) in [5.41, 5.74) is 13.2. The van der Waals surface area contributed by atoms with Crippen molar-refractivity contribution in [2.45, 2.75) is 0 Å². The van der Waals surface area contributed by atoms with Gasteiger partial charge in [-0.15, -0.1) is 0 Å².